The first-order chi connectivity index (χ1) is 10.8. The number of cyclic esters (lactones) is 1. The highest BCUT2D eigenvalue weighted by atomic mass is 16.6. The zero-order valence-corrected chi connectivity index (χ0v) is 12.3. The van der Waals surface area contributed by atoms with E-state index in [0.29, 0.717) is 12.0 Å². The van der Waals surface area contributed by atoms with Crippen LogP contribution in [0.1, 0.15) is 27.9 Å². The number of hydrogen-bond donors (Lipinski definition) is 0. The third-order valence-electron chi connectivity index (χ3n) is 4.20. The first-order valence-corrected chi connectivity index (χ1v) is 7.55. The van der Waals surface area contributed by atoms with Crippen LogP contribution in [-0.4, -0.2) is 18.4 Å². The maximum atomic E-state index is 11.7. The molecule has 3 nitrogen and oxygen atoms in total. The topological polar surface area (TPSA) is 43.4 Å². The molecule has 0 bridgehead atoms. The minimum absolute atomic E-state index is 0.0487. The lowest BCUT2D eigenvalue weighted by Gasteiger charge is -2.35. The number of hydrogen-bond acceptors (Lipinski definition) is 3. The Balaban J connectivity index is 1.63. The van der Waals surface area contributed by atoms with Crippen molar-refractivity contribution in [2.24, 2.45) is 5.92 Å². The Morgan fingerprint density at radius 1 is 1.00 bits per heavy atom. The molecule has 22 heavy (non-hydrogen) atoms. The standard InChI is InChI=1S/C19H18O3/c20-13-16-9-5-4-8-15(16)12-17-18(22-19(17)21)11-10-14-6-2-1-3-7-14/h1-9,13,17-18H,10-12H2. The third kappa shape index (κ3) is 3.08. The molecule has 0 N–H and O–H groups in total. The van der Waals surface area contributed by atoms with Gasteiger partial charge in [-0.25, -0.2) is 0 Å². The molecule has 0 aliphatic carbocycles. The van der Waals surface area contributed by atoms with Gasteiger partial charge in [0.05, 0.1) is 5.92 Å². The van der Waals surface area contributed by atoms with Gasteiger partial charge in [-0.05, 0) is 30.4 Å². The van der Waals surface area contributed by atoms with Crippen molar-refractivity contribution in [1.82, 2.24) is 0 Å². The summed E-state index contributed by atoms with van der Waals surface area (Å²) >= 11 is 0. The lowest BCUT2D eigenvalue weighted by Crippen LogP contribution is -2.46. The van der Waals surface area contributed by atoms with Crippen LogP contribution in [-0.2, 0) is 22.4 Å². The molecule has 0 radical (unpaired) electrons. The number of aryl methyl sites for hydroxylation is 1. The Kier molecular flexibility index (Phi) is 4.33. The van der Waals surface area contributed by atoms with Crippen LogP contribution in [0.2, 0.25) is 0 Å². The summed E-state index contributed by atoms with van der Waals surface area (Å²) < 4.78 is 5.29. The van der Waals surface area contributed by atoms with Crippen LogP contribution >= 0.6 is 0 Å². The number of aldehydes is 1. The number of rotatable bonds is 6. The van der Waals surface area contributed by atoms with Crippen molar-refractivity contribution in [3.05, 3.63) is 71.3 Å². The molecular formula is C19H18O3. The molecule has 0 amide bonds. The van der Waals surface area contributed by atoms with Crippen LogP contribution in [0.25, 0.3) is 0 Å². The van der Waals surface area contributed by atoms with Gasteiger partial charge in [0.2, 0.25) is 0 Å². The molecule has 2 aromatic carbocycles. The molecule has 1 saturated heterocycles. The van der Waals surface area contributed by atoms with Crippen LogP contribution in [0.3, 0.4) is 0 Å². The minimum Gasteiger partial charge on any atom is -0.461 e. The number of benzene rings is 2. The molecular weight excluding hydrogens is 276 g/mol. The van der Waals surface area contributed by atoms with Gasteiger partial charge in [-0.2, -0.15) is 0 Å². The van der Waals surface area contributed by atoms with Crippen molar-refractivity contribution >= 4 is 12.3 Å². The van der Waals surface area contributed by atoms with E-state index in [2.05, 4.69) is 12.1 Å². The fraction of sp³-hybridized carbons (Fsp3) is 0.263. The summed E-state index contributed by atoms with van der Waals surface area (Å²) in [5.74, 6) is -0.288. The number of ether oxygens (including phenoxy) is 1. The first-order valence-electron chi connectivity index (χ1n) is 7.55. The normalized spacial score (nSPS) is 20.1. The molecule has 0 spiro atoms. The molecule has 2 aromatic rings. The molecule has 3 rings (SSSR count). The molecule has 1 heterocycles. The van der Waals surface area contributed by atoms with Gasteiger partial charge in [-0.15, -0.1) is 0 Å². The van der Waals surface area contributed by atoms with Crippen LogP contribution in [0.4, 0.5) is 0 Å². The summed E-state index contributed by atoms with van der Waals surface area (Å²) in [6, 6.07) is 17.6. The van der Waals surface area contributed by atoms with E-state index >= 15 is 0 Å². The van der Waals surface area contributed by atoms with Gasteiger partial charge in [-0.3, -0.25) is 9.59 Å². The van der Waals surface area contributed by atoms with E-state index in [1.165, 1.54) is 5.56 Å². The van der Waals surface area contributed by atoms with E-state index in [9.17, 15) is 9.59 Å². The van der Waals surface area contributed by atoms with E-state index in [1.54, 1.807) is 6.07 Å². The monoisotopic (exact) mass is 294 g/mol. The summed E-state index contributed by atoms with van der Waals surface area (Å²) in [6.45, 7) is 0. The zero-order valence-electron chi connectivity index (χ0n) is 12.3. The second kappa shape index (κ2) is 6.56. The van der Waals surface area contributed by atoms with E-state index in [0.717, 1.165) is 24.7 Å². The molecule has 2 atom stereocenters. The SMILES string of the molecule is O=Cc1ccccc1CC1C(=O)OC1CCc1ccccc1. The second-order valence-electron chi connectivity index (χ2n) is 5.63. The quantitative estimate of drug-likeness (QED) is 0.607. The van der Waals surface area contributed by atoms with Gasteiger partial charge in [0, 0.05) is 5.56 Å². The highest BCUT2D eigenvalue weighted by molar-refractivity contribution is 5.81. The van der Waals surface area contributed by atoms with E-state index in [-0.39, 0.29) is 18.0 Å². The highest BCUT2D eigenvalue weighted by Crippen LogP contribution is 2.30. The largest absolute Gasteiger partial charge is 0.461 e. The summed E-state index contributed by atoms with van der Waals surface area (Å²) in [4.78, 5) is 22.8. The molecule has 112 valence electrons. The summed E-state index contributed by atoms with van der Waals surface area (Å²) in [5, 5.41) is 0. The van der Waals surface area contributed by atoms with Crippen molar-refractivity contribution in [1.29, 1.82) is 0 Å². The fourth-order valence-corrected chi connectivity index (χ4v) is 2.90. The average Bonchev–Trinajstić information content (AvgIpc) is 2.57. The molecule has 1 fully saturated rings. The number of carbonyl (C=O) groups is 2. The Bertz CT molecular complexity index is 663. The Morgan fingerprint density at radius 2 is 1.73 bits per heavy atom. The van der Waals surface area contributed by atoms with Crippen LogP contribution in [0.5, 0.6) is 0 Å². The third-order valence-corrected chi connectivity index (χ3v) is 4.20. The van der Waals surface area contributed by atoms with E-state index < -0.39 is 0 Å². The highest BCUT2D eigenvalue weighted by Gasteiger charge is 2.41. The molecule has 3 heteroatoms. The molecule has 0 aromatic heterocycles. The maximum Gasteiger partial charge on any atom is 0.313 e. The number of carbonyl (C=O) groups excluding carboxylic acids is 2. The predicted molar refractivity (Wildman–Crippen MR) is 83.7 cm³/mol. The Labute approximate surface area is 129 Å². The summed E-state index contributed by atoms with van der Waals surface area (Å²) in [7, 11) is 0. The van der Waals surface area contributed by atoms with Gasteiger partial charge < -0.3 is 4.74 Å². The van der Waals surface area contributed by atoms with E-state index in [1.807, 2.05) is 36.4 Å². The molecule has 0 saturated carbocycles. The van der Waals surface area contributed by atoms with Gasteiger partial charge in [0.15, 0.2) is 0 Å². The first kappa shape index (κ1) is 14.5. The van der Waals surface area contributed by atoms with Gasteiger partial charge in [0.25, 0.3) is 0 Å². The molecule has 1 aliphatic rings. The predicted octanol–water partition coefficient (Wildman–Crippen LogP) is 3.22. The summed E-state index contributed by atoms with van der Waals surface area (Å²) in [5.41, 5.74) is 2.82. The van der Waals surface area contributed by atoms with Crippen molar-refractivity contribution < 1.29 is 14.3 Å². The van der Waals surface area contributed by atoms with Crippen molar-refractivity contribution in [3.8, 4) is 0 Å². The minimum atomic E-state index is -0.154. The lowest BCUT2D eigenvalue weighted by molar-refractivity contribution is -0.185. The Hall–Kier alpha value is -2.42. The molecule has 1 aliphatic heterocycles. The Morgan fingerprint density at radius 3 is 2.45 bits per heavy atom. The van der Waals surface area contributed by atoms with Crippen molar-refractivity contribution in [2.75, 3.05) is 0 Å². The van der Waals surface area contributed by atoms with Crippen molar-refractivity contribution in [2.45, 2.75) is 25.4 Å². The zero-order chi connectivity index (χ0) is 15.4. The average molecular weight is 294 g/mol. The molecule has 2 unspecified atom stereocenters. The smallest absolute Gasteiger partial charge is 0.313 e. The van der Waals surface area contributed by atoms with Crippen molar-refractivity contribution in [3.63, 3.8) is 0 Å². The van der Waals surface area contributed by atoms with Crippen LogP contribution in [0.15, 0.2) is 54.6 Å². The van der Waals surface area contributed by atoms with E-state index in [4.69, 9.17) is 4.74 Å². The fourth-order valence-electron chi connectivity index (χ4n) is 2.90. The maximum absolute atomic E-state index is 11.7. The van der Waals surface area contributed by atoms with Gasteiger partial charge in [-0.1, -0.05) is 54.6 Å². The number of esters is 1. The summed E-state index contributed by atoms with van der Waals surface area (Å²) in [6.07, 6.45) is 3.09. The van der Waals surface area contributed by atoms with Crippen LogP contribution < -0.4 is 0 Å². The van der Waals surface area contributed by atoms with Gasteiger partial charge >= 0.3 is 5.97 Å². The lowest BCUT2D eigenvalue weighted by atomic mass is 9.85. The second-order valence-corrected chi connectivity index (χ2v) is 5.63. The van der Waals surface area contributed by atoms with Gasteiger partial charge in [0.1, 0.15) is 12.4 Å². The van der Waals surface area contributed by atoms with Crippen LogP contribution in [0, 0.1) is 5.92 Å².